The molecule has 0 unspecified atom stereocenters. The van der Waals surface area contributed by atoms with Crippen molar-refractivity contribution in [3.63, 3.8) is 0 Å². The molecular formula is C22H39NO3. The molecule has 0 amide bonds. The molecule has 150 valence electrons. The van der Waals surface area contributed by atoms with Gasteiger partial charge in [-0.1, -0.05) is 53.0 Å². The van der Waals surface area contributed by atoms with Crippen molar-refractivity contribution < 1.29 is 14.6 Å². The van der Waals surface area contributed by atoms with Gasteiger partial charge in [-0.15, -0.1) is 0 Å². The van der Waals surface area contributed by atoms with Gasteiger partial charge in [0, 0.05) is 11.6 Å². The fourth-order valence-corrected chi connectivity index (χ4v) is 2.96. The summed E-state index contributed by atoms with van der Waals surface area (Å²) in [4.78, 5) is 0. The van der Waals surface area contributed by atoms with E-state index in [0.29, 0.717) is 6.42 Å². The lowest BCUT2D eigenvalue weighted by atomic mass is 9.83. The Morgan fingerprint density at radius 1 is 1.12 bits per heavy atom. The standard InChI is InChI=1S/C22H39NO3/c1-17(2)9-7-6-8-14-26-20-11-10-19(21(15-20)25-5)12-13-22(23,16-24)18(3)4/h10-11,15,17-18,24H,6-9,12-14,16,23H2,1-5H3/t22-/m1/s1. The number of hydrogen-bond acceptors (Lipinski definition) is 4. The average molecular weight is 366 g/mol. The molecule has 0 aliphatic heterocycles. The molecule has 0 aromatic heterocycles. The summed E-state index contributed by atoms with van der Waals surface area (Å²) in [6, 6.07) is 6.00. The minimum atomic E-state index is -0.559. The van der Waals surface area contributed by atoms with Crippen LogP contribution in [0, 0.1) is 11.8 Å². The maximum Gasteiger partial charge on any atom is 0.125 e. The van der Waals surface area contributed by atoms with Gasteiger partial charge in [-0.2, -0.15) is 0 Å². The van der Waals surface area contributed by atoms with E-state index >= 15 is 0 Å². The van der Waals surface area contributed by atoms with Crippen LogP contribution in [0.5, 0.6) is 11.5 Å². The van der Waals surface area contributed by atoms with E-state index in [2.05, 4.69) is 13.8 Å². The molecular weight excluding hydrogens is 326 g/mol. The van der Waals surface area contributed by atoms with Gasteiger partial charge in [0.05, 0.1) is 20.3 Å². The molecule has 0 saturated carbocycles. The van der Waals surface area contributed by atoms with Crippen molar-refractivity contribution in [2.45, 2.75) is 71.8 Å². The van der Waals surface area contributed by atoms with Gasteiger partial charge in [0.25, 0.3) is 0 Å². The van der Waals surface area contributed by atoms with Crippen molar-refractivity contribution in [3.05, 3.63) is 23.8 Å². The van der Waals surface area contributed by atoms with E-state index in [9.17, 15) is 5.11 Å². The molecule has 26 heavy (non-hydrogen) atoms. The SMILES string of the molecule is COc1cc(OCCCCCC(C)C)ccc1CC[C@@](N)(CO)C(C)C. The highest BCUT2D eigenvalue weighted by Gasteiger charge is 2.28. The van der Waals surface area contributed by atoms with E-state index < -0.39 is 5.54 Å². The van der Waals surface area contributed by atoms with Crippen LogP contribution in [0.15, 0.2) is 18.2 Å². The predicted molar refractivity (Wildman–Crippen MR) is 109 cm³/mol. The van der Waals surface area contributed by atoms with Crippen molar-refractivity contribution in [3.8, 4) is 11.5 Å². The van der Waals surface area contributed by atoms with Crippen molar-refractivity contribution in [1.29, 1.82) is 0 Å². The second-order valence-corrected chi connectivity index (χ2v) is 8.11. The third-order valence-corrected chi connectivity index (χ3v) is 5.26. The van der Waals surface area contributed by atoms with Gasteiger partial charge in [-0.25, -0.2) is 0 Å². The maximum atomic E-state index is 9.62. The summed E-state index contributed by atoms with van der Waals surface area (Å²) < 4.78 is 11.4. The molecule has 0 saturated heterocycles. The van der Waals surface area contributed by atoms with Gasteiger partial charge in [-0.3, -0.25) is 0 Å². The number of aryl methyl sites for hydroxylation is 1. The average Bonchev–Trinajstić information content (AvgIpc) is 2.62. The van der Waals surface area contributed by atoms with Crippen molar-refractivity contribution in [2.24, 2.45) is 17.6 Å². The van der Waals surface area contributed by atoms with Crippen molar-refractivity contribution in [2.75, 3.05) is 20.3 Å². The highest BCUT2D eigenvalue weighted by molar-refractivity contribution is 5.41. The van der Waals surface area contributed by atoms with Crippen molar-refractivity contribution >= 4 is 0 Å². The number of ether oxygens (including phenoxy) is 2. The lowest BCUT2D eigenvalue weighted by Crippen LogP contribution is -2.48. The number of unbranched alkanes of at least 4 members (excludes halogenated alkanes) is 2. The Morgan fingerprint density at radius 2 is 1.85 bits per heavy atom. The topological polar surface area (TPSA) is 64.7 Å². The van der Waals surface area contributed by atoms with Crippen LogP contribution in [0.1, 0.15) is 65.4 Å². The molecule has 0 aliphatic rings. The van der Waals surface area contributed by atoms with Gasteiger partial charge in [-0.05, 0) is 42.7 Å². The maximum absolute atomic E-state index is 9.62. The first kappa shape index (κ1) is 22.8. The Morgan fingerprint density at radius 3 is 2.42 bits per heavy atom. The summed E-state index contributed by atoms with van der Waals surface area (Å²) in [5, 5.41) is 9.62. The summed E-state index contributed by atoms with van der Waals surface area (Å²) in [6.45, 7) is 9.36. The molecule has 1 atom stereocenters. The first-order valence-electron chi connectivity index (χ1n) is 10.0. The van der Waals surface area contributed by atoms with E-state index in [1.165, 1.54) is 19.3 Å². The Kier molecular flexibility index (Phi) is 10.0. The van der Waals surface area contributed by atoms with Crippen LogP contribution >= 0.6 is 0 Å². The second-order valence-electron chi connectivity index (χ2n) is 8.11. The molecule has 1 rings (SSSR count). The lowest BCUT2D eigenvalue weighted by molar-refractivity contribution is 0.146. The van der Waals surface area contributed by atoms with Crippen LogP contribution < -0.4 is 15.2 Å². The van der Waals surface area contributed by atoms with E-state index in [-0.39, 0.29) is 12.5 Å². The number of aliphatic hydroxyl groups excluding tert-OH is 1. The molecule has 0 spiro atoms. The minimum Gasteiger partial charge on any atom is -0.496 e. The summed E-state index contributed by atoms with van der Waals surface area (Å²) >= 11 is 0. The Labute approximate surface area is 160 Å². The van der Waals surface area contributed by atoms with E-state index in [4.69, 9.17) is 15.2 Å². The first-order chi connectivity index (χ1) is 12.3. The number of methoxy groups -OCH3 is 1. The van der Waals surface area contributed by atoms with Crippen LogP contribution in [-0.2, 0) is 6.42 Å². The number of nitrogens with two attached hydrogens (primary N) is 1. The van der Waals surface area contributed by atoms with Crippen LogP contribution in [0.25, 0.3) is 0 Å². The molecule has 0 heterocycles. The third kappa shape index (κ3) is 7.55. The molecule has 0 radical (unpaired) electrons. The summed E-state index contributed by atoms with van der Waals surface area (Å²) in [6.07, 6.45) is 6.33. The smallest absolute Gasteiger partial charge is 0.125 e. The quantitative estimate of drug-likeness (QED) is 0.503. The summed E-state index contributed by atoms with van der Waals surface area (Å²) in [5.74, 6) is 2.67. The Bertz CT molecular complexity index is 516. The van der Waals surface area contributed by atoms with Crippen molar-refractivity contribution in [1.82, 2.24) is 0 Å². The zero-order chi connectivity index (χ0) is 19.6. The van der Waals surface area contributed by atoms with Crippen LogP contribution in [0.3, 0.4) is 0 Å². The number of rotatable bonds is 13. The van der Waals surface area contributed by atoms with Crippen LogP contribution in [0.2, 0.25) is 0 Å². The molecule has 4 heteroatoms. The third-order valence-electron chi connectivity index (χ3n) is 5.26. The largest absolute Gasteiger partial charge is 0.496 e. The Balaban J connectivity index is 2.53. The number of hydrogen-bond donors (Lipinski definition) is 2. The fourth-order valence-electron chi connectivity index (χ4n) is 2.96. The lowest BCUT2D eigenvalue weighted by Gasteiger charge is -2.31. The summed E-state index contributed by atoms with van der Waals surface area (Å²) in [7, 11) is 1.68. The molecule has 3 N–H and O–H groups in total. The predicted octanol–water partition coefficient (Wildman–Crippen LogP) is 4.57. The Hall–Kier alpha value is -1.26. The summed E-state index contributed by atoms with van der Waals surface area (Å²) in [5.41, 5.74) is 6.86. The van der Waals surface area contributed by atoms with Gasteiger partial charge < -0.3 is 20.3 Å². The molecule has 0 aliphatic carbocycles. The van der Waals surface area contributed by atoms with E-state index in [1.807, 2.05) is 32.0 Å². The zero-order valence-electron chi connectivity index (χ0n) is 17.4. The first-order valence-corrected chi connectivity index (χ1v) is 10.0. The minimum absolute atomic E-state index is 0.00894. The molecule has 0 fully saturated rings. The van der Waals surface area contributed by atoms with Crippen LogP contribution in [-0.4, -0.2) is 31.0 Å². The van der Waals surface area contributed by atoms with Gasteiger partial charge in [0.15, 0.2) is 0 Å². The molecule has 4 nitrogen and oxygen atoms in total. The normalized spacial score (nSPS) is 13.9. The van der Waals surface area contributed by atoms with Crippen LogP contribution in [0.4, 0.5) is 0 Å². The van der Waals surface area contributed by atoms with E-state index in [1.54, 1.807) is 7.11 Å². The van der Waals surface area contributed by atoms with E-state index in [0.717, 1.165) is 42.4 Å². The van der Waals surface area contributed by atoms with Gasteiger partial charge in [0.1, 0.15) is 11.5 Å². The molecule has 1 aromatic rings. The monoisotopic (exact) mass is 365 g/mol. The molecule has 0 bridgehead atoms. The zero-order valence-corrected chi connectivity index (χ0v) is 17.4. The molecule has 1 aromatic carbocycles. The van der Waals surface area contributed by atoms with Gasteiger partial charge in [0.2, 0.25) is 0 Å². The highest BCUT2D eigenvalue weighted by Crippen LogP contribution is 2.28. The fraction of sp³-hybridized carbons (Fsp3) is 0.727. The number of aliphatic hydroxyl groups is 1. The van der Waals surface area contributed by atoms with Gasteiger partial charge >= 0.3 is 0 Å². The second kappa shape index (κ2) is 11.5. The number of benzene rings is 1. The highest BCUT2D eigenvalue weighted by atomic mass is 16.5.